The molecule has 1 aromatic carbocycles. The van der Waals surface area contributed by atoms with Crippen LogP contribution in [0.4, 0.5) is 0 Å². The second kappa shape index (κ2) is 6.79. The van der Waals surface area contributed by atoms with Crippen LogP contribution in [0.15, 0.2) is 24.3 Å². The highest BCUT2D eigenvalue weighted by Crippen LogP contribution is 2.28. The van der Waals surface area contributed by atoms with Gasteiger partial charge in [-0.3, -0.25) is 0 Å². The molecule has 0 atom stereocenters. The van der Waals surface area contributed by atoms with Gasteiger partial charge in [0.2, 0.25) is 0 Å². The molecule has 1 N–H and O–H groups in total. The fourth-order valence-corrected chi connectivity index (χ4v) is 1.99. The third-order valence-electron chi connectivity index (χ3n) is 3.25. The van der Waals surface area contributed by atoms with E-state index in [1.165, 1.54) is 5.56 Å². The van der Waals surface area contributed by atoms with Gasteiger partial charge in [-0.05, 0) is 43.0 Å². The molecule has 102 valence electrons. The van der Waals surface area contributed by atoms with Crippen LogP contribution >= 0.6 is 0 Å². The lowest BCUT2D eigenvalue weighted by atomic mass is 9.81. The minimum Gasteiger partial charge on any atom is -0.494 e. The van der Waals surface area contributed by atoms with Crippen molar-refractivity contribution in [3.05, 3.63) is 29.8 Å². The van der Waals surface area contributed by atoms with Crippen molar-refractivity contribution in [3.63, 3.8) is 0 Å². The zero-order valence-corrected chi connectivity index (χ0v) is 12.4. The molecule has 0 amide bonds. The molecule has 0 aliphatic rings. The average Bonchev–Trinajstić information content (AvgIpc) is 2.29. The first kappa shape index (κ1) is 15.0. The minimum absolute atomic E-state index is 0.201. The van der Waals surface area contributed by atoms with Crippen LogP contribution in [0.3, 0.4) is 0 Å². The molecule has 0 radical (unpaired) electrons. The summed E-state index contributed by atoms with van der Waals surface area (Å²) in [7, 11) is 0. The number of rotatable bonds is 7. The highest BCUT2D eigenvalue weighted by molar-refractivity contribution is 5.31. The third kappa shape index (κ3) is 4.69. The molecule has 0 bridgehead atoms. The van der Waals surface area contributed by atoms with E-state index >= 15 is 0 Å². The Morgan fingerprint density at radius 2 is 1.78 bits per heavy atom. The van der Waals surface area contributed by atoms with E-state index in [-0.39, 0.29) is 5.41 Å². The van der Waals surface area contributed by atoms with Crippen LogP contribution in [0.5, 0.6) is 5.75 Å². The number of hydrogen-bond donors (Lipinski definition) is 1. The van der Waals surface area contributed by atoms with Crippen molar-refractivity contribution in [2.45, 2.75) is 52.5 Å². The Hall–Kier alpha value is -1.02. The Kier molecular flexibility index (Phi) is 5.67. The molecular weight excluding hydrogens is 222 g/mol. The third-order valence-corrected chi connectivity index (χ3v) is 3.25. The van der Waals surface area contributed by atoms with Gasteiger partial charge in [0.05, 0.1) is 6.61 Å². The topological polar surface area (TPSA) is 21.3 Å². The maximum Gasteiger partial charge on any atom is 0.119 e. The van der Waals surface area contributed by atoms with Crippen molar-refractivity contribution < 1.29 is 4.74 Å². The standard InChI is InChI=1S/C16H27NO/c1-6-18-15-9-7-14(8-10-15)16(4,5)11-12-17-13(2)3/h7-10,13,17H,6,11-12H2,1-5H3. The molecule has 2 heteroatoms. The number of benzene rings is 1. The fraction of sp³-hybridized carbons (Fsp3) is 0.625. The van der Waals surface area contributed by atoms with Gasteiger partial charge >= 0.3 is 0 Å². The Bertz CT molecular complexity index is 341. The zero-order chi connectivity index (χ0) is 13.6. The van der Waals surface area contributed by atoms with Crippen molar-refractivity contribution in [2.24, 2.45) is 0 Å². The van der Waals surface area contributed by atoms with E-state index in [1.54, 1.807) is 0 Å². The molecule has 0 heterocycles. The lowest BCUT2D eigenvalue weighted by Crippen LogP contribution is -2.29. The smallest absolute Gasteiger partial charge is 0.119 e. The molecule has 0 fully saturated rings. The lowest BCUT2D eigenvalue weighted by Gasteiger charge is -2.26. The van der Waals surface area contributed by atoms with Crippen LogP contribution < -0.4 is 10.1 Å². The van der Waals surface area contributed by atoms with Crippen LogP contribution in [-0.4, -0.2) is 19.2 Å². The monoisotopic (exact) mass is 249 g/mol. The molecular formula is C16H27NO. The van der Waals surface area contributed by atoms with E-state index in [0.29, 0.717) is 6.04 Å². The van der Waals surface area contributed by atoms with Crippen LogP contribution in [0.2, 0.25) is 0 Å². The van der Waals surface area contributed by atoms with Gasteiger partial charge in [0.1, 0.15) is 5.75 Å². The van der Waals surface area contributed by atoms with E-state index in [4.69, 9.17) is 4.74 Å². The lowest BCUT2D eigenvalue weighted by molar-refractivity contribution is 0.339. The van der Waals surface area contributed by atoms with Crippen LogP contribution in [0.1, 0.15) is 46.6 Å². The highest BCUT2D eigenvalue weighted by Gasteiger charge is 2.20. The summed E-state index contributed by atoms with van der Waals surface area (Å²) >= 11 is 0. The molecule has 18 heavy (non-hydrogen) atoms. The highest BCUT2D eigenvalue weighted by atomic mass is 16.5. The fourth-order valence-electron chi connectivity index (χ4n) is 1.99. The summed E-state index contributed by atoms with van der Waals surface area (Å²) in [6, 6.07) is 9.05. The van der Waals surface area contributed by atoms with Crippen LogP contribution in [0, 0.1) is 0 Å². The van der Waals surface area contributed by atoms with Crippen molar-refractivity contribution in [1.82, 2.24) is 5.32 Å². The second-order valence-corrected chi connectivity index (χ2v) is 5.70. The van der Waals surface area contributed by atoms with Crippen LogP contribution in [-0.2, 0) is 5.41 Å². The van der Waals surface area contributed by atoms with Gasteiger partial charge in [-0.25, -0.2) is 0 Å². The molecule has 0 aliphatic heterocycles. The van der Waals surface area contributed by atoms with E-state index in [0.717, 1.165) is 25.3 Å². The van der Waals surface area contributed by atoms with E-state index in [2.05, 4.69) is 57.3 Å². The average molecular weight is 249 g/mol. The molecule has 0 unspecified atom stereocenters. The Balaban J connectivity index is 2.60. The Labute approximate surface area is 112 Å². The van der Waals surface area contributed by atoms with E-state index in [1.807, 2.05) is 6.92 Å². The maximum absolute atomic E-state index is 5.47. The van der Waals surface area contributed by atoms with E-state index in [9.17, 15) is 0 Å². The zero-order valence-electron chi connectivity index (χ0n) is 12.4. The van der Waals surface area contributed by atoms with Crippen molar-refractivity contribution >= 4 is 0 Å². The molecule has 0 spiro atoms. The molecule has 0 saturated carbocycles. The first-order valence-corrected chi connectivity index (χ1v) is 6.92. The minimum atomic E-state index is 0.201. The molecule has 1 rings (SSSR count). The van der Waals surface area contributed by atoms with Gasteiger partial charge in [-0.15, -0.1) is 0 Å². The van der Waals surface area contributed by atoms with Gasteiger partial charge in [-0.2, -0.15) is 0 Å². The first-order valence-electron chi connectivity index (χ1n) is 6.92. The van der Waals surface area contributed by atoms with Gasteiger partial charge in [0, 0.05) is 6.04 Å². The van der Waals surface area contributed by atoms with Gasteiger partial charge < -0.3 is 10.1 Å². The van der Waals surface area contributed by atoms with Gasteiger partial charge in [0.25, 0.3) is 0 Å². The Morgan fingerprint density at radius 3 is 2.28 bits per heavy atom. The largest absolute Gasteiger partial charge is 0.494 e. The normalized spacial score (nSPS) is 11.9. The molecule has 2 nitrogen and oxygen atoms in total. The molecule has 1 aromatic rings. The summed E-state index contributed by atoms with van der Waals surface area (Å²) in [6.07, 6.45) is 1.14. The van der Waals surface area contributed by atoms with Crippen molar-refractivity contribution in [2.75, 3.05) is 13.2 Å². The predicted octanol–water partition coefficient (Wildman–Crippen LogP) is 3.75. The second-order valence-electron chi connectivity index (χ2n) is 5.70. The number of ether oxygens (including phenoxy) is 1. The van der Waals surface area contributed by atoms with Gasteiger partial charge in [0.15, 0.2) is 0 Å². The van der Waals surface area contributed by atoms with E-state index < -0.39 is 0 Å². The summed E-state index contributed by atoms with van der Waals surface area (Å²) in [5.41, 5.74) is 1.57. The predicted molar refractivity (Wildman–Crippen MR) is 78.4 cm³/mol. The maximum atomic E-state index is 5.47. The Morgan fingerprint density at radius 1 is 1.17 bits per heavy atom. The quantitative estimate of drug-likeness (QED) is 0.794. The molecule has 0 aromatic heterocycles. The van der Waals surface area contributed by atoms with Crippen molar-refractivity contribution in [3.8, 4) is 5.75 Å². The van der Waals surface area contributed by atoms with Crippen LogP contribution in [0.25, 0.3) is 0 Å². The summed E-state index contributed by atoms with van der Waals surface area (Å²) in [6.45, 7) is 12.7. The first-order chi connectivity index (χ1) is 8.45. The number of hydrogen-bond acceptors (Lipinski definition) is 2. The summed E-state index contributed by atoms with van der Waals surface area (Å²) < 4.78 is 5.47. The summed E-state index contributed by atoms with van der Waals surface area (Å²) in [5, 5.41) is 3.48. The van der Waals surface area contributed by atoms with Crippen molar-refractivity contribution in [1.29, 1.82) is 0 Å². The molecule has 0 aliphatic carbocycles. The number of nitrogens with one attached hydrogen (secondary N) is 1. The summed E-state index contributed by atoms with van der Waals surface area (Å²) in [4.78, 5) is 0. The van der Waals surface area contributed by atoms with Gasteiger partial charge in [-0.1, -0.05) is 39.8 Å². The summed E-state index contributed by atoms with van der Waals surface area (Å²) in [5.74, 6) is 0.956. The molecule has 0 saturated heterocycles. The SMILES string of the molecule is CCOc1ccc(C(C)(C)CCNC(C)C)cc1.